The second kappa shape index (κ2) is 7.71. The van der Waals surface area contributed by atoms with Gasteiger partial charge < -0.3 is 9.47 Å². The van der Waals surface area contributed by atoms with Crippen LogP contribution in [-0.4, -0.2) is 25.1 Å². The number of aryl methyl sites for hydroxylation is 1. The number of aromatic nitrogens is 1. The third-order valence-corrected chi connectivity index (χ3v) is 4.97. The lowest BCUT2D eigenvalue weighted by Crippen LogP contribution is -2.15. The lowest BCUT2D eigenvalue weighted by molar-refractivity contribution is 0.101. The monoisotopic (exact) mass is 390 g/mol. The molecule has 1 aromatic heterocycles. The molecule has 0 aliphatic carbocycles. The Morgan fingerprint density at radius 2 is 1.74 bits per heavy atom. The van der Waals surface area contributed by atoms with Crippen molar-refractivity contribution in [2.24, 2.45) is 0 Å². The van der Waals surface area contributed by atoms with E-state index in [0.29, 0.717) is 17.2 Å². The van der Waals surface area contributed by atoms with Crippen LogP contribution in [0.1, 0.15) is 16.1 Å². The highest BCUT2D eigenvalue weighted by Gasteiger charge is 2.20. The molecule has 1 N–H and O–H groups in total. The van der Waals surface area contributed by atoms with Crippen LogP contribution in [0.3, 0.4) is 0 Å². The largest absolute Gasteiger partial charge is 0.493 e. The van der Waals surface area contributed by atoms with Gasteiger partial charge in [0, 0.05) is 0 Å². The Hall–Kier alpha value is -3.00. The molecule has 2 aromatic carbocycles. The van der Waals surface area contributed by atoms with E-state index < -0.39 is 23.1 Å². The second-order valence-corrected chi connectivity index (χ2v) is 6.55. The first-order valence-corrected chi connectivity index (χ1v) is 8.71. The topological polar surface area (TPSA) is 60.5 Å². The van der Waals surface area contributed by atoms with Crippen LogP contribution >= 0.6 is 11.3 Å². The Balaban J connectivity index is 1.90. The molecule has 0 saturated carbocycles. The summed E-state index contributed by atoms with van der Waals surface area (Å²) in [6, 6.07) is 8.65. The van der Waals surface area contributed by atoms with Gasteiger partial charge in [-0.15, -0.1) is 0 Å². The lowest BCUT2D eigenvalue weighted by Gasteiger charge is -2.08. The number of rotatable bonds is 5. The minimum Gasteiger partial charge on any atom is -0.493 e. The van der Waals surface area contributed by atoms with Crippen molar-refractivity contribution >= 4 is 22.4 Å². The molecule has 1 heterocycles. The molecule has 3 rings (SSSR count). The van der Waals surface area contributed by atoms with Crippen molar-refractivity contribution in [3.63, 3.8) is 0 Å². The molecule has 140 valence electrons. The van der Waals surface area contributed by atoms with E-state index in [4.69, 9.17) is 9.47 Å². The number of anilines is 1. The van der Waals surface area contributed by atoms with Crippen LogP contribution in [-0.2, 0) is 0 Å². The van der Waals surface area contributed by atoms with Gasteiger partial charge in [-0.05, 0) is 42.8 Å². The minimum atomic E-state index is -0.930. The van der Waals surface area contributed by atoms with Crippen LogP contribution in [0.15, 0.2) is 36.4 Å². The maximum Gasteiger partial charge on any atom is 0.263 e. The Kier molecular flexibility index (Phi) is 5.36. The number of nitrogens with one attached hydrogen (secondary N) is 1. The average molecular weight is 390 g/mol. The van der Waals surface area contributed by atoms with Crippen molar-refractivity contribution in [3.8, 4) is 21.9 Å². The zero-order valence-corrected chi connectivity index (χ0v) is 15.6. The van der Waals surface area contributed by atoms with E-state index in [-0.39, 0.29) is 5.13 Å². The van der Waals surface area contributed by atoms with Gasteiger partial charge in [-0.25, -0.2) is 13.8 Å². The summed E-state index contributed by atoms with van der Waals surface area (Å²) in [5, 5.41) is 2.70. The molecule has 1 amide bonds. The van der Waals surface area contributed by atoms with Gasteiger partial charge in [0.1, 0.15) is 17.2 Å². The first-order chi connectivity index (χ1) is 12.9. The second-order valence-electron chi connectivity index (χ2n) is 5.55. The summed E-state index contributed by atoms with van der Waals surface area (Å²) in [5.41, 5.74) is 0.842. The van der Waals surface area contributed by atoms with Crippen LogP contribution in [0.25, 0.3) is 10.4 Å². The van der Waals surface area contributed by atoms with Crippen LogP contribution in [0.4, 0.5) is 13.9 Å². The van der Waals surface area contributed by atoms with Crippen molar-refractivity contribution in [2.45, 2.75) is 6.92 Å². The van der Waals surface area contributed by atoms with Gasteiger partial charge in [0.2, 0.25) is 0 Å². The summed E-state index contributed by atoms with van der Waals surface area (Å²) in [4.78, 5) is 17.3. The van der Waals surface area contributed by atoms with E-state index in [0.717, 1.165) is 22.6 Å². The summed E-state index contributed by atoms with van der Waals surface area (Å²) in [6.07, 6.45) is 0. The average Bonchev–Trinajstić information content (AvgIpc) is 3.01. The third-order valence-electron chi connectivity index (χ3n) is 3.85. The van der Waals surface area contributed by atoms with Gasteiger partial charge in [0.15, 0.2) is 16.6 Å². The van der Waals surface area contributed by atoms with E-state index in [2.05, 4.69) is 10.3 Å². The molecule has 3 aromatic rings. The molecule has 0 atom stereocenters. The Morgan fingerprint density at radius 1 is 1.07 bits per heavy atom. The summed E-state index contributed by atoms with van der Waals surface area (Å²) in [5.74, 6) is -1.60. The highest BCUT2D eigenvalue weighted by molar-refractivity contribution is 7.19. The molecular weight excluding hydrogens is 374 g/mol. The number of amides is 1. The van der Waals surface area contributed by atoms with E-state index in [1.54, 1.807) is 26.2 Å². The number of ether oxygens (including phenoxy) is 2. The van der Waals surface area contributed by atoms with Gasteiger partial charge >= 0.3 is 0 Å². The third kappa shape index (κ3) is 3.75. The molecule has 5 nitrogen and oxygen atoms in total. The zero-order chi connectivity index (χ0) is 19.6. The van der Waals surface area contributed by atoms with Crippen molar-refractivity contribution < 1.29 is 23.0 Å². The molecule has 0 aliphatic rings. The molecular formula is C19H16F2N2O3S. The molecule has 0 unspecified atom stereocenters. The number of nitrogens with zero attached hydrogens (tertiary/aromatic N) is 1. The maximum absolute atomic E-state index is 13.8. The number of benzene rings is 2. The Labute approximate surface area is 158 Å². The van der Waals surface area contributed by atoms with Crippen LogP contribution in [0.5, 0.6) is 11.5 Å². The van der Waals surface area contributed by atoms with Crippen molar-refractivity contribution in [1.29, 1.82) is 0 Å². The fourth-order valence-electron chi connectivity index (χ4n) is 2.57. The summed E-state index contributed by atoms with van der Waals surface area (Å²) < 4.78 is 38.0. The minimum absolute atomic E-state index is 0.241. The number of thiazole rings is 1. The molecule has 0 fully saturated rings. The quantitative estimate of drug-likeness (QED) is 0.688. The van der Waals surface area contributed by atoms with Gasteiger partial charge in [0.25, 0.3) is 5.91 Å². The van der Waals surface area contributed by atoms with Crippen LogP contribution < -0.4 is 14.8 Å². The summed E-state index contributed by atoms with van der Waals surface area (Å²) >= 11 is 1.20. The molecule has 8 heteroatoms. The highest BCUT2D eigenvalue weighted by atomic mass is 32.1. The number of carbonyl (C=O) groups excluding carboxylic acids is 1. The first-order valence-electron chi connectivity index (χ1n) is 7.89. The van der Waals surface area contributed by atoms with Crippen molar-refractivity contribution in [1.82, 2.24) is 4.98 Å². The van der Waals surface area contributed by atoms with E-state index >= 15 is 0 Å². The van der Waals surface area contributed by atoms with Crippen molar-refractivity contribution in [3.05, 3.63) is 59.3 Å². The lowest BCUT2D eigenvalue weighted by atomic mass is 10.1. The van der Waals surface area contributed by atoms with Crippen LogP contribution in [0, 0.1) is 18.6 Å². The predicted molar refractivity (Wildman–Crippen MR) is 99.7 cm³/mol. The van der Waals surface area contributed by atoms with E-state index in [9.17, 15) is 13.6 Å². The first kappa shape index (κ1) is 18.8. The maximum atomic E-state index is 13.8. The predicted octanol–water partition coefficient (Wildman–Crippen LogP) is 4.67. The van der Waals surface area contributed by atoms with E-state index in [1.807, 2.05) is 6.07 Å². The number of halogens is 2. The standard InChI is InChI=1S/C19H16F2N2O3S/c1-10-17(11-7-8-14(25-2)15(9-11)26-3)27-19(22-10)23-18(24)16-12(20)5-4-6-13(16)21/h4-9H,1-3H3,(H,22,23,24). The SMILES string of the molecule is COc1ccc(-c2sc(NC(=O)c3c(F)cccc3F)nc2C)cc1OC. The summed E-state index contributed by atoms with van der Waals surface area (Å²) in [6.45, 7) is 1.78. The molecule has 0 saturated heterocycles. The molecule has 0 aliphatic heterocycles. The summed E-state index contributed by atoms with van der Waals surface area (Å²) in [7, 11) is 3.08. The number of carbonyl (C=O) groups is 1. The van der Waals surface area contributed by atoms with Gasteiger partial charge in [-0.3, -0.25) is 10.1 Å². The highest BCUT2D eigenvalue weighted by Crippen LogP contribution is 2.37. The molecule has 27 heavy (non-hydrogen) atoms. The number of hydrogen-bond acceptors (Lipinski definition) is 5. The molecule has 0 radical (unpaired) electrons. The van der Waals surface area contributed by atoms with Crippen LogP contribution in [0.2, 0.25) is 0 Å². The Bertz CT molecular complexity index is 984. The Morgan fingerprint density at radius 3 is 2.37 bits per heavy atom. The fraction of sp³-hybridized carbons (Fsp3) is 0.158. The molecule has 0 spiro atoms. The normalized spacial score (nSPS) is 10.6. The van der Waals surface area contributed by atoms with Crippen molar-refractivity contribution in [2.75, 3.05) is 19.5 Å². The van der Waals surface area contributed by atoms with Gasteiger partial charge in [-0.2, -0.15) is 0 Å². The number of methoxy groups -OCH3 is 2. The van der Waals surface area contributed by atoms with E-state index in [1.165, 1.54) is 24.5 Å². The smallest absolute Gasteiger partial charge is 0.263 e. The number of hydrogen-bond donors (Lipinski definition) is 1. The van der Waals surface area contributed by atoms with Gasteiger partial charge in [0.05, 0.1) is 24.8 Å². The fourth-order valence-corrected chi connectivity index (χ4v) is 3.53. The zero-order valence-electron chi connectivity index (χ0n) is 14.8. The van der Waals surface area contributed by atoms with Gasteiger partial charge in [-0.1, -0.05) is 17.4 Å². The molecule has 0 bridgehead atoms.